The fourth-order valence-corrected chi connectivity index (χ4v) is 5.40. The number of ether oxygens (including phenoxy) is 1. The van der Waals surface area contributed by atoms with E-state index >= 15 is 0 Å². The van der Waals surface area contributed by atoms with Gasteiger partial charge in [-0.2, -0.15) is 0 Å². The minimum atomic E-state index is -0.326. The summed E-state index contributed by atoms with van der Waals surface area (Å²) in [6, 6.07) is 5.90. The Morgan fingerprint density at radius 2 is 1.96 bits per heavy atom. The van der Waals surface area contributed by atoms with Crippen molar-refractivity contribution in [3.05, 3.63) is 50.1 Å². The molecule has 0 N–H and O–H groups in total. The molecule has 4 rings (SSSR count). The van der Waals surface area contributed by atoms with Crippen molar-refractivity contribution >= 4 is 39.3 Å². The molecule has 3 aromatic rings. The number of carbonyl (C=O) groups is 1. The van der Waals surface area contributed by atoms with Crippen LogP contribution in [0.2, 0.25) is 0 Å². The maximum atomic E-state index is 13.5. The number of carbonyl (C=O) groups excluding carboxylic acids is 1. The van der Waals surface area contributed by atoms with Crippen molar-refractivity contribution in [2.75, 3.05) is 6.61 Å². The normalized spacial score (nSPS) is 16.9. The number of nitrogens with zero attached hydrogens (tertiary/aromatic N) is 2. The van der Waals surface area contributed by atoms with Gasteiger partial charge in [-0.15, -0.1) is 11.3 Å². The van der Waals surface area contributed by atoms with Crippen LogP contribution in [-0.2, 0) is 9.53 Å². The van der Waals surface area contributed by atoms with Gasteiger partial charge in [-0.05, 0) is 50.5 Å². The van der Waals surface area contributed by atoms with E-state index in [1.165, 1.54) is 23.1 Å². The van der Waals surface area contributed by atoms with E-state index in [1.54, 1.807) is 4.57 Å². The van der Waals surface area contributed by atoms with E-state index in [9.17, 15) is 9.59 Å². The highest BCUT2D eigenvalue weighted by Crippen LogP contribution is 2.34. The van der Waals surface area contributed by atoms with Gasteiger partial charge >= 0.3 is 5.97 Å². The molecule has 0 spiro atoms. The third-order valence-corrected chi connectivity index (χ3v) is 7.42. The predicted octanol–water partition coefficient (Wildman–Crippen LogP) is 4.09. The van der Waals surface area contributed by atoms with Gasteiger partial charge in [0.05, 0.1) is 17.7 Å². The number of thioether (sulfide) groups is 1. The molecule has 0 amide bonds. The second-order valence-corrected chi connectivity index (χ2v) is 9.15. The van der Waals surface area contributed by atoms with Crippen LogP contribution in [-0.4, -0.2) is 27.4 Å². The number of aromatic nitrogens is 2. The summed E-state index contributed by atoms with van der Waals surface area (Å²) >= 11 is 2.85. The third kappa shape index (κ3) is 2.99. The maximum Gasteiger partial charge on any atom is 0.319 e. The molecule has 3 heterocycles. The van der Waals surface area contributed by atoms with Gasteiger partial charge < -0.3 is 4.74 Å². The van der Waals surface area contributed by atoms with Crippen molar-refractivity contribution < 1.29 is 9.53 Å². The Morgan fingerprint density at radius 3 is 2.67 bits per heavy atom. The summed E-state index contributed by atoms with van der Waals surface area (Å²) in [4.78, 5) is 32.1. The van der Waals surface area contributed by atoms with Crippen molar-refractivity contribution in [2.24, 2.45) is 0 Å². The zero-order valence-corrected chi connectivity index (χ0v) is 17.3. The van der Waals surface area contributed by atoms with Crippen LogP contribution in [0.5, 0.6) is 0 Å². The molecular formula is C20H20N2O3S2. The van der Waals surface area contributed by atoms with E-state index in [2.05, 4.69) is 0 Å². The van der Waals surface area contributed by atoms with Gasteiger partial charge in [0.25, 0.3) is 5.56 Å². The van der Waals surface area contributed by atoms with Crippen molar-refractivity contribution in [3.63, 3.8) is 0 Å². The van der Waals surface area contributed by atoms with Crippen LogP contribution in [0.3, 0.4) is 0 Å². The summed E-state index contributed by atoms with van der Waals surface area (Å²) in [5, 5.41) is 0.885. The fourth-order valence-electron chi connectivity index (χ4n) is 3.26. The quantitative estimate of drug-likeness (QED) is 0.490. The summed E-state index contributed by atoms with van der Waals surface area (Å²) in [6.45, 7) is 8.42. The first-order valence-electron chi connectivity index (χ1n) is 8.81. The number of cyclic esters (lactones) is 1. The first-order chi connectivity index (χ1) is 12.9. The summed E-state index contributed by atoms with van der Waals surface area (Å²) in [5.74, 6) is -0.236. The zero-order chi connectivity index (χ0) is 19.3. The minimum absolute atomic E-state index is 0.0792. The largest absolute Gasteiger partial charge is 0.465 e. The number of thiophene rings is 1. The van der Waals surface area contributed by atoms with Gasteiger partial charge in [-0.25, -0.2) is 4.98 Å². The molecule has 0 aliphatic carbocycles. The lowest BCUT2D eigenvalue weighted by Gasteiger charge is -2.16. The first kappa shape index (κ1) is 18.3. The Morgan fingerprint density at radius 1 is 1.19 bits per heavy atom. The van der Waals surface area contributed by atoms with Crippen molar-refractivity contribution in [3.8, 4) is 5.69 Å². The molecule has 0 saturated carbocycles. The SMILES string of the molecule is Cc1cccc(-n2c(SC3CCOC3=O)nc3sc(C)c(C)c3c2=O)c1C. The van der Waals surface area contributed by atoms with Crippen LogP contribution in [0.1, 0.15) is 28.0 Å². The lowest BCUT2D eigenvalue weighted by Crippen LogP contribution is -2.24. The van der Waals surface area contributed by atoms with Gasteiger partial charge in [0.15, 0.2) is 5.16 Å². The van der Waals surface area contributed by atoms with Crippen LogP contribution in [0.4, 0.5) is 0 Å². The molecule has 1 fully saturated rings. The van der Waals surface area contributed by atoms with E-state index in [0.717, 1.165) is 32.1 Å². The van der Waals surface area contributed by atoms with Gasteiger partial charge in [-0.3, -0.25) is 14.2 Å². The molecule has 5 nitrogen and oxygen atoms in total. The molecule has 7 heteroatoms. The topological polar surface area (TPSA) is 61.2 Å². The smallest absolute Gasteiger partial charge is 0.319 e. The number of fused-ring (bicyclic) bond motifs is 1. The molecule has 1 aliphatic rings. The van der Waals surface area contributed by atoms with Crippen molar-refractivity contribution in [2.45, 2.75) is 44.5 Å². The zero-order valence-electron chi connectivity index (χ0n) is 15.7. The Hall–Kier alpha value is -2.12. The number of benzene rings is 1. The first-order valence-corrected chi connectivity index (χ1v) is 10.5. The second kappa shape index (κ2) is 6.80. The molecule has 1 unspecified atom stereocenters. The van der Waals surface area contributed by atoms with Crippen molar-refractivity contribution in [1.82, 2.24) is 9.55 Å². The lowest BCUT2D eigenvalue weighted by atomic mass is 10.1. The molecule has 0 radical (unpaired) electrons. The number of aryl methyl sites for hydroxylation is 3. The molecule has 0 bridgehead atoms. The van der Waals surface area contributed by atoms with Gasteiger partial charge in [-0.1, -0.05) is 23.9 Å². The number of esters is 1. The van der Waals surface area contributed by atoms with Gasteiger partial charge in [0.1, 0.15) is 10.1 Å². The molecule has 1 aliphatic heterocycles. The molecule has 27 heavy (non-hydrogen) atoms. The molecule has 140 valence electrons. The van der Waals surface area contributed by atoms with Crippen LogP contribution >= 0.6 is 23.1 Å². The monoisotopic (exact) mass is 400 g/mol. The maximum absolute atomic E-state index is 13.5. The van der Waals surface area contributed by atoms with E-state index in [0.29, 0.717) is 23.6 Å². The Labute approximate surface area is 165 Å². The van der Waals surface area contributed by atoms with Crippen LogP contribution in [0.15, 0.2) is 28.2 Å². The summed E-state index contributed by atoms with van der Waals surface area (Å²) in [6.07, 6.45) is 0.632. The van der Waals surface area contributed by atoms with Gasteiger partial charge in [0.2, 0.25) is 0 Å². The molecule has 1 saturated heterocycles. The highest BCUT2D eigenvalue weighted by Gasteiger charge is 2.30. The van der Waals surface area contributed by atoms with E-state index in [4.69, 9.17) is 9.72 Å². The average Bonchev–Trinajstić information content (AvgIpc) is 3.15. The molecule has 2 aromatic heterocycles. The van der Waals surface area contributed by atoms with Crippen LogP contribution in [0.25, 0.3) is 15.9 Å². The minimum Gasteiger partial charge on any atom is -0.465 e. The lowest BCUT2D eigenvalue weighted by molar-refractivity contribution is -0.137. The van der Waals surface area contributed by atoms with Crippen LogP contribution < -0.4 is 5.56 Å². The Bertz CT molecular complexity index is 1130. The van der Waals surface area contributed by atoms with Crippen molar-refractivity contribution in [1.29, 1.82) is 0 Å². The van der Waals surface area contributed by atoms with E-state index in [1.807, 2.05) is 45.9 Å². The van der Waals surface area contributed by atoms with E-state index in [-0.39, 0.29) is 16.8 Å². The number of rotatable bonds is 3. The summed E-state index contributed by atoms with van der Waals surface area (Å²) in [7, 11) is 0. The number of hydrogen-bond acceptors (Lipinski definition) is 6. The molecule has 1 atom stereocenters. The Balaban J connectivity index is 2.01. The number of hydrogen-bond donors (Lipinski definition) is 0. The molecule has 1 aromatic carbocycles. The van der Waals surface area contributed by atoms with Crippen LogP contribution in [0, 0.1) is 27.7 Å². The standard InChI is InChI=1S/C20H20N2O3S2/c1-10-6-5-7-14(11(10)2)22-18(23)16-12(3)13(4)26-17(16)21-20(22)27-15-8-9-25-19(15)24/h5-7,15H,8-9H2,1-4H3. The summed E-state index contributed by atoms with van der Waals surface area (Å²) < 4.78 is 6.76. The fraction of sp³-hybridized carbons (Fsp3) is 0.350. The highest BCUT2D eigenvalue weighted by molar-refractivity contribution is 8.00. The second-order valence-electron chi connectivity index (χ2n) is 6.78. The average molecular weight is 401 g/mol. The third-order valence-electron chi connectivity index (χ3n) is 5.12. The predicted molar refractivity (Wildman–Crippen MR) is 109 cm³/mol. The summed E-state index contributed by atoms with van der Waals surface area (Å²) in [5.41, 5.74) is 3.84. The van der Waals surface area contributed by atoms with E-state index < -0.39 is 0 Å². The highest BCUT2D eigenvalue weighted by atomic mass is 32.2. The van der Waals surface area contributed by atoms with Gasteiger partial charge in [0, 0.05) is 11.3 Å². The Kier molecular flexibility index (Phi) is 4.60. The molecular weight excluding hydrogens is 380 g/mol.